The van der Waals surface area contributed by atoms with E-state index in [1.54, 1.807) is 0 Å². The molecule has 4 nitrogen and oxygen atoms in total. The van der Waals surface area contributed by atoms with Crippen molar-refractivity contribution < 1.29 is 5.21 Å². The van der Waals surface area contributed by atoms with Crippen LogP contribution in [0.25, 0.3) is 0 Å². The predicted molar refractivity (Wildman–Crippen MR) is 67.2 cm³/mol. The molecule has 1 N–H and O–H groups in total. The highest BCUT2D eigenvalue weighted by Crippen LogP contribution is 2.22. The Labute approximate surface area is 102 Å². The molecule has 1 heterocycles. The molecule has 1 aliphatic carbocycles. The van der Waals surface area contributed by atoms with Gasteiger partial charge in [0.2, 0.25) is 0 Å². The lowest BCUT2D eigenvalue weighted by Crippen LogP contribution is -2.37. The summed E-state index contributed by atoms with van der Waals surface area (Å²) in [5, 5.41) is 12.4. The van der Waals surface area contributed by atoms with E-state index in [1.165, 1.54) is 5.56 Å². The second-order valence-electron chi connectivity index (χ2n) is 4.42. The molecule has 92 valence electrons. The third-order valence-corrected chi connectivity index (χ3v) is 3.41. The molecule has 1 aromatic heterocycles. The van der Waals surface area contributed by atoms with E-state index in [1.807, 2.05) is 24.5 Å². The average molecular weight is 233 g/mol. The molecule has 1 saturated carbocycles. The summed E-state index contributed by atoms with van der Waals surface area (Å²) in [4.78, 5) is 6.38. The van der Waals surface area contributed by atoms with Crippen LogP contribution in [-0.4, -0.2) is 33.4 Å². The van der Waals surface area contributed by atoms with Crippen molar-refractivity contribution in [3.63, 3.8) is 0 Å². The Morgan fingerprint density at radius 2 is 2.24 bits per heavy atom. The zero-order valence-corrected chi connectivity index (χ0v) is 10.2. The van der Waals surface area contributed by atoms with Crippen molar-refractivity contribution >= 4 is 5.71 Å². The van der Waals surface area contributed by atoms with Gasteiger partial charge in [0.05, 0.1) is 11.8 Å². The Kier molecular flexibility index (Phi) is 4.09. The molecule has 1 atom stereocenters. The van der Waals surface area contributed by atoms with Crippen LogP contribution in [0.3, 0.4) is 0 Å². The Balaban J connectivity index is 2.06. The lowest BCUT2D eigenvalue weighted by Gasteiger charge is -2.27. The average Bonchev–Trinajstić information content (AvgIpc) is 2.85. The van der Waals surface area contributed by atoms with Crippen molar-refractivity contribution in [2.75, 3.05) is 6.54 Å². The maximum Gasteiger partial charge on any atom is 0.0742 e. The van der Waals surface area contributed by atoms with Gasteiger partial charge in [-0.3, -0.25) is 9.88 Å². The molecule has 0 amide bonds. The fraction of sp³-hybridized carbons (Fsp3) is 0.538. The Morgan fingerprint density at radius 3 is 2.88 bits per heavy atom. The van der Waals surface area contributed by atoms with Crippen LogP contribution in [0.5, 0.6) is 0 Å². The second-order valence-corrected chi connectivity index (χ2v) is 4.42. The lowest BCUT2D eigenvalue weighted by molar-refractivity contribution is 0.236. The SMILES string of the molecule is CCN(Cc1ccncc1)[C@@H]1CCC/C1=N\O. The van der Waals surface area contributed by atoms with Crippen molar-refractivity contribution in [3.05, 3.63) is 30.1 Å². The van der Waals surface area contributed by atoms with Gasteiger partial charge in [-0.05, 0) is 43.5 Å². The molecule has 0 aromatic carbocycles. The summed E-state index contributed by atoms with van der Waals surface area (Å²) in [6.07, 6.45) is 6.78. The maximum atomic E-state index is 9.00. The predicted octanol–water partition coefficient (Wildman–Crippen LogP) is 2.29. The minimum Gasteiger partial charge on any atom is -0.411 e. The monoisotopic (exact) mass is 233 g/mol. The van der Waals surface area contributed by atoms with E-state index in [0.29, 0.717) is 6.04 Å². The van der Waals surface area contributed by atoms with Crippen LogP contribution in [0.2, 0.25) is 0 Å². The number of hydrogen-bond acceptors (Lipinski definition) is 4. The van der Waals surface area contributed by atoms with Crippen LogP contribution in [0, 0.1) is 0 Å². The molecule has 0 aliphatic heterocycles. The van der Waals surface area contributed by atoms with Gasteiger partial charge in [-0.2, -0.15) is 0 Å². The van der Waals surface area contributed by atoms with Gasteiger partial charge in [0, 0.05) is 18.9 Å². The van der Waals surface area contributed by atoms with Gasteiger partial charge in [0.15, 0.2) is 0 Å². The van der Waals surface area contributed by atoms with E-state index in [-0.39, 0.29) is 0 Å². The summed E-state index contributed by atoms with van der Waals surface area (Å²) >= 11 is 0. The zero-order chi connectivity index (χ0) is 12.1. The minimum absolute atomic E-state index is 0.304. The molecule has 1 aromatic rings. The van der Waals surface area contributed by atoms with Crippen molar-refractivity contribution in [3.8, 4) is 0 Å². The fourth-order valence-corrected chi connectivity index (χ4v) is 2.48. The highest BCUT2D eigenvalue weighted by atomic mass is 16.4. The standard InChI is InChI=1S/C13H19N3O/c1-2-16(10-11-6-8-14-9-7-11)13-5-3-4-12(13)15-17/h6-9,13,17H,2-5,10H2,1H3/b15-12+/t13-/m1/s1. The number of pyridine rings is 1. The van der Waals surface area contributed by atoms with Gasteiger partial charge in [-0.1, -0.05) is 12.1 Å². The highest BCUT2D eigenvalue weighted by Gasteiger charge is 2.28. The molecule has 4 heteroatoms. The third kappa shape index (κ3) is 2.82. The Morgan fingerprint density at radius 1 is 1.47 bits per heavy atom. The normalized spacial score (nSPS) is 22.5. The first-order chi connectivity index (χ1) is 8.35. The lowest BCUT2D eigenvalue weighted by atomic mass is 10.1. The summed E-state index contributed by atoms with van der Waals surface area (Å²) in [5.74, 6) is 0. The number of rotatable bonds is 4. The van der Waals surface area contributed by atoms with Gasteiger partial charge in [-0.25, -0.2) is 0 Å². The second kappa shape index (κ2) is 5.77. The summed E-state index contributed by atoms with van der Waals surface area (Å²) in [6, 6.07) is 4.37. The van der Waals surface area contributed by atoms with Crippen molar-refractivity contribution in [2.24, 2.45) is 5.16 Å². The van der Waals surface area contributed by atoms with E-state index < -0.39 is 0 Å². The number of hydrogen-bond donors (Lipinski definition) is 1. The molecular weight excluding hydrogens is 214 g/mol. The first-order valence-electron chi connectivity index (χ1n) is 6.19. The van der Waals surface area contributed by atoms with Crippen LogP contribution in [0.1, 0.15) is 31.7 Å². The molecule has 2 rings (SSSR count). The summed E-state index contributed by atoms with van der Waals surface area (Å²) in [5.41, 5.74) is 2.19. The summed E-state index contributed by atoms with van der Waals surface area (Å²) in [6.45, 7) is 4.00. The van der Waals surface area contributed by atoms with Crippen LogP contribution < -0.4 is 0 Å². The van der Waals surface area contributed by atoms with Gasteiger partial charge in [-0.15, -0.1) is 0 Å². The summed E-state index contributed by atoms with van der Waals surface area (Å²) in [7, 11) is 0. The molecule has 0 radical (unpaired) electrons. The molecule has 0 saturated heterocycles. The molecule has 1 aliphatic rings. The highest BCUT2D eigenvalue weighted by molar-refractivity contribution is 5.90. The van der Waals surface area contributed by atoms with Crippen molar-refractivity contribution in [2.45, 2.75) is 38.8 Å². The van der Waals surface area contributed by atoms with Crippen molar-refractivity contribution in [1.29, 1.82) is 0 Å². The van der Waals surface area contributed by atoms with Crippen molar-refractivity contribution in [1.82, 2.24) is 9.88 Å². The molecule has 0 bridgehead atoms. The van der Waals surface area contributed by atoms with E-state index >= 15 is 0 Å². The van der Waals surface area contributed by atoms with Gasteiger partial charge >= 0.3 is 0 Å². The third-order valence-electron chi connectivity index (χ3n) is 3.41. The fourth-order valence-electron chi connectivity index (χ4n) is 2.48. The van der Waals surface area contributed by atoms with Crippen LogP contribution in [0.15, 0.2) is 29.7 Å². The maximum absolute atomic E-state index is 9.00. The molecular formula is C13H19N3O. The largest absolute Gasteiger partial charge is 0.411 e. The van der Waals surface area contributed by atoms with Crippen LogP contribution >= 0.6 is 0 Å². The van der Waals surface area contributed by atoms with Gasteiger partial charge in [0.1, 0.15) is 0 Å². The topological polar surface area (TPSA) is 48.7 Å². The van der Waals surface area contributed by atoms with E-state index in [9.17, 15) is 0 Å². The Bertz CT molecular complexity index is 378. The molecule has 1 fully saturated rings. The van der Waals surface area contributed by atoms with E-state index in [2.05, 4.69) is 22.0 Å². The van der Waals surface area contributed by atoms with Gasteiger partial charge < -0.3 is 5.21 Å². The first kappa shape index (κ1) is 12.0. The summed E-state index contributed by atoms with van der Waals surface area (Å²) < 4.78 is 0. The van der Waals surface area contributed by atoms with E-state index in [0.717, 1.165) is 38.1 Å². The molecule has 17 heavy (non-hydrogen) atoms. The Hall–Kier alpha value is -1.42. The van der Waals surface area contributed by atoms with E-state index in [4.69, 9.17) is 5.21 Å². The number of nitrogens with zero attached hydrogens (tertiary/aromatic N) is 3. The smallest absolute Gasteiger partial charge is 0.0742 e. The van der Waals surface area contributed by atoms with Gasteiger partial charge in [0.25, 0.3) is 0 Å². The van der Waals surface area contributed by atoms with Crippen LogP contribution in [0.4, 0.5) is 0 Å². The minimum atomic E-state index is 0.304. The quantitative estimate of drug-likeness (QED) is 0.641. The molecule has 0 unspecified atom stereocenters. The number of aromatic nitrogens is 1. The first-order valence-corrected chi connectivity index (χ1v) is 6.19. The molecule has 0 spiro atoms. The zero-order valence-electron chi connectivity index (χ0n) is 10.2. The van der Waals surface area contributed by atoms with Crippen LogP contribution in [-0.2, 0) is 6.54 Å². The number of oxime groups is 1.